The molecule has 0 bridgehead atoms. The molecule has 1 unspecified atom stereocenters. The second-order valence-electron chi connectivity index (χ2n) is 4.68. The van der Waals surface area contributed by atoms with Crippen LogP contribution in [0.1, 0.15) is 6.92 Å². The van der Waals surface area contributed by atoms with Crippen LogP contribution in [0.2, 0.25) is 0 Å². The van der Waals surface area contributed by atoms with Crippen LogP contribution >= 0.6 is 11.8 Å². The van der Waals surface area contributed by atoms with Gasteiger partial charge in [0.15, 0.2) is 17.7 Å². The van der Waals surface area contributed by atoms with E-state index in [-0.39, 0.29) is 12.7 Å². The number of ether oxygens (including phenoxy) is 2. The molecular formula is C15H14N2O4S. The van der Waals surface area contributed by atoms with Gasteiger partial charge < -0.3 is 20.0 Å². The SMILES string of the molecule is CC(Sc1cccc[n+]1[O-])C(=O)Nc1ccc2c(c1)OCO2. The van der Waals surface area contributed by atoms with Crippen molar-refractivity contribution in [2.75, 3.05) is 12.1 Å². The molecule has 7 heteroatoms. The zero-order chi connectivity index (χ0) is 15.5. The first-order chi connectivity index (χ1) is 10.6. The molecule has 6 nitrogen and oxygen atoms in total. The molecule has 0 fully saturated rings. The third-order valence-corrected chi connectivity index (χ3v) is 4.22. The Morgan fingerprint density at radius 2 is 2.14 bits per heavy atom. The number of nitrogens with one attached hydrogen (secondary N) is 1. The minimum atomic E-state index is -0.409. The Bertz CT molecular complexity index is 708. The topological polar surface area (TPSA) is 74.5 Å². The molecule has 0 radical (unpaired) electrons. The monoisotopic (exact) mass is 318 g/mol. The van der Waals surface area contributed by atoms with E-state index in [0.29, 0.717) is 22.2 Å². The largest absolute Gasteiger partial charge is 0.618 e. The van der Waals surface area contributed by atoms with Crippen LogP contribution in [0.4, 0.5) is 5.69 Å². The summed E-state index contributed by atoms with van der Waals surface area (Å²) in [5.41, 5.74) is 0.629. The van der Waals surface area contributed by atoms with Gasteiger partial charge in [-0.25, -0.2) is 0 Å². The summed E-state index contributed by atoms with van der Waals surface area (Å²) in [6.45, 7) is 1.94. The van der Waals surface area contributed by atoms with Crippen molar-refractivity contribution in [1.82, 2.24) is 0 Å². The average molecular weight is 318 g/mol. The smallest absolute Gasteiger partial charge is 0.252 e. The van der Waals surface area contributed by atoms with Crippen LogP contribution in [0, 0.1) is 5.21 Å². The lowest BCUT2D eigenvalue weighted by Gasteiger charge is -2.11. The molecule has 3 rings (SSSR count). The normalized spacial score (nSPS) is 13.7. The number of aromatic nitrogens is 1. The number of pyridine rings is 1. The van der Waals surface area contributed by atoms with Gasteiger partial charge in [0.05, 0.1) is 5.25 Å². The molecule has 0 saturated carbocycles. The quantitative estimate of drug-likeness (QED) is 0.531. The summed E-state index contributed by atoms with van der Waals surface area (Å²) >= 11 is 1.21. The van der Waals surface area contributed by atoms with Crippen molar-refractivity contribution in [2.45, 2.75) is 17.2 Å². The van der Waals surface area contributed by atoms with Crippen LogP contribution in [-0.4, -0.2) is 18.0 Å². The first kappa shape index (κ1) is 14.5. The zero-order valence-corrected chi connectivity index (χ0v) is 12.6. The number of carbonyl (C=O) groups is 1. The Morgan fingerprint density at radius 1 is 1.32 bits per heavy atom. The third-order valence-electron chi connectivity index (χ3n) is 3.10. The maximum Gasteiger partial charge on any atom is 0.252 e. The number of hydrogen-bond acceptors (Lipinski definition) is 5. The van der Waals surface area contributed by atoms with Crippen molar-refractivity contribution >= 4 is 23.4 Å². The number of anilines is 1. The highest BCUT2D eigenvalue weighted by Crippen LogP contribution is 2.34. The van der Waals surface area contributed by atoms with Gasteiger partial charge in [-0.1, -0.05) is 0 Å². The summed E-state index contributed by atoms with van der Waals surface area (Å²) in [6.07, 6.45) is 1.41. The number of hydrogen-bond donors (Lipinski definition) is 1. The van der Waals surface area contributed by atoms with Gasteiger partial charge >= 0.3 is 0 Å². The van der Waals surface area contributed by atoms with Crippen LogP contribution in [0.15, 0.2) is 47.6 Å². The van der Waals surface area contributed by atoms with E-state index in [2.05, 4.69) is 5.32 Å². The molecule has 22 heavy (non-hydrogen) atoms. The average Bonchev–Trinajstić information content (AvgIpc) is 2.97. The molecule has 1 N–H and O–H groups in total. The van der Waals surface area contributed by atoms with Crippen LogP contribution in [-0.2, 0) is 4.79 Å². The fourth-order valence-electron chi connectivity index (χ4n) is 1.96. The molecule has 0 saturated heterocycles. The van der Waals surface area contributed by atoms with Gasteiger partial charge in [0.25, 0.3) is 5.03 Å². The van der Waals surface area contributed by atoms with Crippen molar-refractivity contribution in [3.63, 3.8) is 0 Å². The van der Waals surface area contributed by atoms with Gasteiger partial charge in [0, 0.05) is 23.9 Å². The van der Waals surface area contributed by atoms with E-state index in [9.17, 15) is 10.0 Å². The number of fused-ring (bicyclic) bond motifs is 1. The second kappa shape index (κ2) is 6.15. The maximum atomic E-state index is 12.2. The summed E-state index contributed by atoms with van der Waals surface area (Å²) < 4.78 is 11.2. The van der Waals surface area contributed by atoms with E-state index >= 15 is 0 Å². The van der Waals surface area contributed by atoms with Crippen molar-refractivity contribution in [1.29, 1.82) is 0 Å². The number of thioether (sulfide) groups is 1. The first-order valence-corrected chi connectivity index (χ1v) is 7.57. The second-order valence-corrected chi connectivity index (χ2v) is 6.04. The Balaban J connectivity index is 1.65. The highest BCUT2D eigenvalue weighted by atomic mass is 32.2. The van der Waals surface area contributed by atoms with Crippen LogP contribution in [0.25, 0.3) is 0 Å². The first-order valence-electron chi connectivity index (χ1n) is 6.69. The highest BCUT2D eigenvalue weighted by molar-refractivity contribution is 8.00. The molecule has 114 valence electrons. The van der Waals surface area contributed by atoms with Crippen molar-refractivity contribution < 1.29 is 19.0 Å². The molecule has 0 spiro atoms. The summed E-state index contributed by atoms with van der Waals surface area (Å²) in [7, 11) is 0. The van der Waals surface area contributed by atoms with Crippen LogP contribution in [0.3, 0.4) is 0 Å². The number of nitrogens with zero attached hydrogens (tertiary/aromatic N) is 1. The number of amides is 1. The fourth-order valence-corrected chi connectivity index (χ4v) is 2.81. The molecule has 1 aromatic carbocycles. The zero-order valence-electron chi connectivity index (χ0n) is 11.8. The molecule has 1 aromatic heterocycles. The molecule has 2 aromatic rings. The Labute approximate surface area is 131 Å². The van der Waals surface area contributed by atoms with Gasteiger partial charge in [-0.15, -0.1) is 0 Å². The minimum Gasteiger partial charge on any atom is -0.618 e. The highest BCUT2D eigenvalue weighted by Gasteiger charge is 2.20. The number of benzene rings is 1. The molecular weight excluding hydrogens is 304 g/mol. The van der Waals surface area contributed by atoms with Crippen LogP contribution < -0.4 is 19.5 Å². The van der Waals surface area contributed by atoms with E-state index in [1.165, 1.54) is 18.0 Å². The van der Waals surface area contributed by atoms with Gasteiger partial charge in [-0.3, -0.25) is 4.79 Å². The number of rotatable bonds is 4. The van der Waals surface area contributed by atoms with Gasteiger partial charge in [0.2, 0.25) is 12.7 Å². The Morgan fingerprint density at radius 3 is 2.95 bits per heavy atom. The molecule has 1 atom stereocenters. The van der Waals surface area contributed by atoms with E-state index in [1.807, 2.05) is 0 Å². The summed E-state index contributed by atoms with van der Waals surface area (Å²) in [5, 5.41) is 14.5. The van der Waals surface area contributed by atoms with E-state index in [4.69, 9.17) is 9.47 Å². The van der Waals surface area contributed by atoms with Gasteiger partial charge in [-0.2, -0.15) is 4.73 Å². The Hall–Kier alpha value is -2.41. The predicted molar refractivity (Wildman–Crippen MR) is 81.9 cm³/mol. The standard InChI is InChI=1S/C15H14N2O4S/c1-10(22-14-4-2-3-7-17(14)19)15(18)16-11-5-6-12-13(8-11)21-9-20-12/h2-8,10H,9H2,1H3,(H,16,18). The molecule has 1 amide bonds. The van der Waals surface area contributed by atoms with Crippen LogP contribution in [0.5, 0.6) is 11.5 Å². The lowest BCUT2D eigenvalue weighted by molar-refractivity contribution is -0.645. The van der Waals surface area contributed by atoms with E-state index in [0.717, 1.165) is 4.73 Å². The van der Waals surface area contributed by atoms with Crippen molar-refractivity contribution in [3.8, 4) is 11.5 Å². The lowest BCUT2D eigenvalue weighted by Crippen LogP contribution is -2.30. The molecule has 1 aliphatic heterocycles. The Kier molecular flexibility index (Phi) is 4.06. The van der Waals surface area contributed by atoms with Crippen molar-refractivity contribution in [3.05, 3.63) is 47.8 Å². The van der Waals surface area contributed by atoms with E-state index < -0.39 is 5.25 Å². The molecule has 2 heterocycles. The molecule has 0 aliphatic carbocycles. The maximum absolute atomic E-state index is 12.2. The summed E-state index contributed by atoms with van der Waals surface area (Å²) in [6, 6.07) is 10.3. The number of carbonyl (C=O) groups excluding carboxylic acids is 1. The summed E-state index contributed by atoms with van der Waals surface area (Å²) in [5.74, 6) is 1.09. The van der Waals surface area contributed by atoms with E-state index in [1.54, 1.807) is 43.3 Å². The third kappa shape index (κ3) is 3.09. The summed E-state index contributed by atoms with van der Waals surface area (Å²) in [4.78, 5) is 12.2. The molecule has 1 aliphatic rings. The van der Waals surface area contributed by atoms with Gasteiger partial charge in [-0.05, 0) is 36.9 Å². The van der Waals surface area contributed by atoms with Crippen molar-refractivity contribution in [2.24, 2.45) is 0 Å². The lowest BCUT2D eigenvalue weighted by atomic mass is 10.2. The van der Waals surface area contributed by atoms with Gasteiger partial charge in [0.1, 0.15) is 0 Å². The fraction of sp³-hybridized carbons (Fsp3) is 0.200. The minimum absolute atomic E-state index is 0.187. The predicted octanol–water partition coefficient (Wildman–Crippen LogP) is 2.17.